The summed E-state index contributed by atoms with van der Waals surface area (Å²) in [6, 6.07) is 0. The molecule has 2 nitrogen and oxygen atoms in total. The van der Waals surface area contributed by atoms with Crippen LogP contribution in [0.4, 0.5) is 0 Å². The Morgan fingerprint density at radius 3 is 2.29 bits per heavy atom. The molecule has 3 saturated carbocycles. The van der Waals surface area contributed by atoms with E-state index >= 15 is 0 Å². The lowest BCUT2D eigenvalue weighted by Gasteiger charge is -2.62. The molecule has 0 heterocycles. The zero-order valence-electron chi connectivity index (χ0n) is 21.3. The van der Waals surface area contributed by atoms with Crippen LogP contribution in [0.15, 0.2) is 11.6 Å². The molecule has 3 fully saturated rings. The maximum Gasteiger partial charge on any atom is 0.0618 e. The van der Waals surface area contributed by atoms with Gasteiger partial charge < -0.3 is 10.2 Å². The van der Waals surface area contributed by atoms with Crippen molar-refractivity contribution in [2.24, 2.45) is 51.8 Å². The van der Waals surface area contributed by atoms with Crippen LogP contribution in [0.3, 0.4) is 0 Å². The van der Waals surface area contributed by atoms with Gasteiger partial charge in [-0.1, -0.05) is 72.5 Å². The molecule has 0 spiro atoms. The Morgan fingerprint density at radius 2 is 1.61 bits per heavy atom. The second kappa shape index (κ2) is 8.46. The Morgan fingerprint density at radius 1 is 0.935 bits per heavy atom. The molecule has 0 bridgehead atoms. The Kier molecular flexibility index (Phi) is 6.50. The molecule has 0 amide bonds. The van der Waals surface area contributed by atoms with E-state index in [4.69, 9.17) is 0 Å². The first-order valence-electron chi connectivity index (χ1n) is 13.6. The van der Waals surface area contributed by atoms with Crippen LogP contribution in [0.25, 0.3) is 0 Å². The molecule has 0 saturated heterocycles. The van der Waals surface area contributed by atoms with E-state index in [-0.39, 0.29) is 23.5 Å². The second-order valence-electron chi connectivity index (χ2n) is 13.4. The molecule has 31 heavy (non-hydrogen) atoms. The number of hydrogen-bond donors (Lipinski definition) is 2. The molecule has 4 rings (SSSR count). The molecule has 0 aromatic rings. The normalized spacial score (nSPS) is 48.0. The van der Waals surface area contributed by atoms with Gasteiger partial charge in [-0.15, -0.1) is 0 Å². The molecule has 2 N–H and O–H groups in total. The van der Waals surface area contributed by atoms with Gasteiger partial charge in [0.2, 0.25) is 0 Å². The molecule has 4 aliphatic rings. The summed E-state index contributed by atoms with van der Waals surface area (Å²) in [6.07, 6.45) is 14.9. The number of allylic oxidation sites excluding steroid dienone is 2. The molecule has 4 aliphatic carbocycles. The third-order valence-electron chi connectivity index (χ3n) is 11.3. The largest absolute Gasteiger partial charge is 0.396 e. The fourth-order valence-corrected chi connectivity index (χ4v) is 9.38. The van der Waals surface area contributed by atoms with Crippen LogP contribution in [0, 0.1) is 51.8 Å². The maximum atomic E-state index is 10.8. The highest BCUT2D eigenvalue weighted by Crippen LogP contribution is 2.68. The minimum Gasteiger partial charge on any atom is -0.396 e. The molecule has 178 valence electrons. The standard InChI is InChI=1S/C29H50O2/c1-19(2)8-7-9-20(3)22-11-12-23-21-10-13-25-28(5,24(21)14-16-27(22,23)4)17-15-26(31)29(25,6)18-30/h10,19-20,22-26,30-31H,7-9,11-18H2,1-6H3/t20-,22-,23+,24?,25-,26+,27-,28-,29-/m1/s1. The van der Waals surface area contributed by atoms with Crippen molar-refractivity contribution in [1.82, 2.24) is 0 Å². The van der Waals surface area contributed by atoms with Gasteiger partial charge in [-0.3, -0.25) is 0 Å². The van der Waals surface area contributed by atoms with E-state index in [9.17, 15) is 10.2 Å². The lowest BCUT2D eigenvalue weighted by molar-refractivity contribution is -0.151. The van der Waals surface area contributed by atoms with E-state index < -0.39 is 0 Å². The third kappa shape index (κ3) is 3.67. The highest BCUT2D eigenvalue weighted by Gasteiger charge is 2.61. The number of aliphatic hydroxyl groups excluding tert-OH is 2. The van der Waals surface area contributed by atoms with Crippen LogP contribution >= 0.6 is 0 Å². The smallest absolute Gasteiger partial charge is 0.0618 e. The van der Waals surface area contributed by atoms with Crippen LogP contribution in [-0.4, -0.2) is 22.9 Å². The zero-order valence-corrected chi connectivity index (χ0v) is 21.3. The SMILES string of the molecule is CC(C)CCC[C@@H](C)[C@H]1CC[C@H]2C3=CC[C@H]4[C@@](C)(CO)[C@@H](O)CC[C@]4(C)C3CC[C@]12C. The summed E-state index contributed by atoms with van der Waals surface area (Å²) in [6.45, 7) is 14.7. The fraction of sp³-hybridized carbons (Fsp3) is 0.931. The minimum absolute atomic E-state index is 0.113. The lowest BCUT2D eigenvalue weighted by atomic mass is 9.43. The molecule has 1 unspecified atom stereocenters. The van der Waals surface area contributed by atoms with Crippen LogP contribution in [0.1, 0.15) is 106 Å². The molecular formula is C29H50O2. The molecule has 0 aromatic carbocycles. The van der Waals surface area contributed by atoms with Crippen LogP contribution in [0.2, 0.25) is 0 Å². The van der Waals surface area contributed by atoms with E-state index in [0.717, 1.165) is 42.9 Å². The second-order valence-corrected chi connectivity index (χ2v) is 13.4. The Balaban J connectivity index is 1.56. The molecule has 0 aliphatic heterocycles. The first kappa shape index (κ1) is 23.8. The summed E-state index contributed by atoms with van der Waals surface area (Å²) in [5.41, 5.74) is 2.17. The topological polar surface area (TPSA) is 40.5 Å². The summed E-state index contributed by atoms with van der Waals surface area (Å²) in [5.74, 6) is 4.40. The average Bonchev–Trinajstić information content (AvgIpc) is 3.08. The summed E-state index contributed by atoms with van der Waals surface area (Å²) in [5, 5.41) is 21.1. The maximum absolute atomic E-state index is 10.8. The summed E-state index contributed by atoms with van der Waals surface area (Å²) >= 11 is 0. The molecule has 0 radical (unpaired) electrons. The van der Waals surface area contributed by atoms with Crippen molar-refractivity contribution in [3.8, 4) is 0 Å². The monoisotopic (exact) mass is 430 g/mol. The predicted molar refractivity (Wildman–Crippen MR) is 130 cm³/mol. The van der Waals surface area contributed by atoms with Crippen LogP contribution < -0.4 is 0 Å². The van der Waals surface area contributed by atoms with Gasteiger partial charge in [-0.05, 0) is 91.3 Å². The van der Waals surface area contributed by atoms with Gasteiger partial charge in [0.05, 0.1) is 12.7 Å². The molecule has 2 heteroatoms. The average molecular weight is 431 g/mol. The molecule has 0 aromatic heterocycles. The first-order chi connectivity index (χ1) is 14.6. The fourth-order valence-electron chi connectivity index (χ4n) is 9.38. The first-order valence-corrected chi connectivity index (χ1v) is 13.6. The van der Waals surface area contributed by atoms with Gasteiger partial charge in [0.1, 0.15) is 0 Å². The number of hydrogen-bond acceptors (Lipinski definition) is 2. The molecule has 9 atom stereocenters. The van der Waals surface area contributed by atoms with E-state index in [2.05, 4.69) is 47.6 Å². The highest BCUT2D eigenvalue weighted by atomic mass is 16.3. The van der Waals surface area contributed by atoms with Crippen molar-refractivity contribution < 1.29 is 10.2 Å². The van der Waals surface area contributed by atoms with Crippen molar-refractivity contribution >= 4 is 0 Å². The van der Waals surface area contributed by atoms with Gasteiger partial charge in [0.15, 0.2) is 0 Å². The van der Waals surface area contributed by atoms with E-state index in [1.807, 2.05) is 0 Å². The Hall–Kier alpha value is -0.340. The third-order valence-corrected chi connectivity index (χ3v) is 11.3. The van der Waals surface area contributed by atoms with Crippen molar-refractivity contribution in [3.63, 3.8) is 0 Å². The Bertz CT molecular complexity index is 682. The minimum atomic E-state index is -0.359. The summed E-state index contributed by atoms with van der Waals surface area (Å²) in [4.78, 5) is 0. The van der Waals surface area contributed by atoms with Crippen molar-refractivity contribution in [2.75, 3.05) is 6.61 Å². The number of rotatable bonds is 6. The number of fused-ring (bicyclic) bond motifs is 5. The van der Waals surface area contributed by atoms with Gasteiger partial charge in [-0.25, -0.2) is 0 Å². The van der Waals surface area contributed by atoms with Gasteiger partial charge in [0.25, 0.3) is 0 Å². The zero-order chi connectivity index (χ0) is 22.6. The van der Waals surface area contributed by atoms with Gasteiger partial charge in [-0.2, -0.15) is 0 Å². The highest BCUT2D eigenvalue weighted by molar-refractivity contribution is 5.29. The summed E-state index contributed by atoms with van der Waals surface area (Å²) in [7, 11) is 0. The van der Waals surface area contributed by atoms with Crippen molar-refractivity contribution in [1.29, 1.82) is 0 Å². The van der Waals surface area contributed by atoms with Crippen LogP contribution in [-0.2, 0) is 0 Å². The van der Waals surface area contributed by atoms with Crippen molar-refractivity contribution in [3.05, 3.63) is 11.6 Å². The van der Waals surface area contributed by atoms with Gasteiger partial charge >= 0.3 is 0 Å². The van der Waals surface area contributed by atoms with E-state index in [0.29, 0.717) is 17.3 Å². The van der Waals surface area contributed by atoms with E-state index in [1.165, 1.54) is 44.9 Å². The van der Waals surface area contributed by atoms with Crippen molar-refractivity contribution in [2.45, 2.75) is 112 Å². The summed E-state index contributed by atoms with van der Waals surface area (Å²) < 4.78 is 0. The van der Waals surface area contributed by atoms with Crippen LogP contribution in [0.5, 0.6) is 0 Å². The molecular weight excluding hydrogens is 380 g/mol. The number of aliphatic hydroxyl groups is 2. The predicted octanol–water partition coefficient (Wildman–Crippen LogP) is 7.00. The quantitative estimate of drug-likeness (QED) is 0.445. The lowest BCUT2D eigenvalue weighted by Crippen LogP contribution is -2.58. The van der Waals surface area contributed by atoms with Gasteiger partial charge in [0, 0.05) is 5.41 Å². The Labute approximate surface area is 192 Å². The van der Waals surface area contributed by atoms with E-state index in [1.54, 1.807) is 5.57 Å².